The molecule has 96 valence electrons. The van der Waals surface area contributed by atoms with E-state index in [1.807, 2.05) is 11.4 Å². The predicted molar refractivity (Wildman–Crippen MR) is 67.8 cm³/mol. The van der Waals surface area contributed by atoms with E-state index in [4.69, 9.17) is 4.74 Å². The lowest BCUT2D eigenvalue weighted by Gasteiger charge is -2.08. The summed E-state index contributed by atoms with van der Waals surface area (Å²) in [4.78, 5) is 1.00. The number of alkyl halides is 3. The van der Waals surface area contributed by atoms with Gasteiger partial charge in [-0.3, -0.25) is 0 Å². The van der Waals surface area contributed by atoms with Gasteiger partial charge in [0.2, 0.25) is 0 Å². The zero-order valence-corrected chi connectivity index (χ0v) is 11.4. The van der Waals surface area contributed by atoms with Crippen molar-refractivity contribution in [2.45, 2.75) is 12.8 Å². The Kier molecular flexibility index (Phi) is 3.97. The second-order valence-corrected chi connectivity index (χ2v) is 5.45. The number of ether oxygens (including phenoxy) is 1. The lowest BCUT2D eigenvalue weighted by molar-refractivity contribution is -0.137. The Bertz CT molecular complexity index is 519. The first-order chi connectivity index (χ1) is 8.45. The van der Waals surface area contributed by atoms with E-state index < -0.39 is 11.7 Å². The van der Waals surface area contributed by atoms with Crippen LogP contribution in [0.2, 0.25) is 0 Å². The van der Waals surface area contributed by atoms with Crippen LogP contribution in [0.4, 0.5) is 13.2 Å². The Morgan fingerprint density at radius 1 is 1.17 bits per heavy atom. The van der Waals surface area contributed by atoms with Crippen LogP contribution >= 0.6 is 27.3 Å². The molecule has 0 aliphatic rings. The van der Waals surface area contributed by atoms with Crippen LogP contribution in [0.5, 0.6) is 5.75 Å². The summed E-state index contributed by atoms with van der Waals surface area (Å²) in [7, 11) is 0. The zero-order valence-electron chi connectivity index (χ0n) is 9.00. The fourth-order valence-electron chi connectivity index (χ4n) is 1.32. The molecule has 0 bridgehead atoms. The summed E-state index contributed by atoms with van der Waals surface area (Å²) in [6.07, 6.45) is -4.31. The van der Waals surface area contributed by atoms with Gasteiger partial charge in [0.1, 0.15) is 12.4 Å². The SMILES string of the molecule is FC(F)(F)c1ccc(OCc2cc(Br)cs2)cc1. The van der Waals surface area contributed by atoms with Crippen molar-refractivity contribution in [3.63, 3.8) is 0 Å². The third kappa shape index (κ3) is 3.49. The molecule has 0 spiro atoms. The lowest BCUT2D eigenvalue weighted by Crippen LogP contribution is -2.04. The van der Waals surface area contributed by atoms with Crippen molar-refractivity contribution in [3.05, 3.63) is 50.6 Å². The average molecular weight is 337 g/mol. The molecule has 1 aromatic carbocycles. The Morgan fingerprint density at radius 2 is 1.83 bits per heavy atom. The predicted octanol–water partition coefficient (Wildman–Crippen LogP) is 5.11. The minimum absolute atomic E-state index is 0.349. The molecule has 1 aromatic heterocycles. The first-order valence-corrected chi connectivity index (χ1v) is 6.65. The van der Waals surface area contributed by atoms with Crippen LogP contribution in [0.1, 0.15) is 10.4 Å². The van der Waals surface area contributed by atoms with Crippen LogP contribution in [0.15, 0.2) is 40.2 Å². The van der Waals surface area contributed by atoms with Crippen molar-refractivity contribution < 1.29 is 17.9 Å². The second-order valence-electron chi connectivity index (χ2n) is 3.54. The van der Waals surface area contributed by atoms with Gasteiger partial charge in [-0.1, -0.05) is 0 Å². The molecule has 6 heteroatoms. The molecule has 1 nitrogen and oxygen atoms in total. The Hall–Kier alpha value is -1.01. The largest absolute Gasteiger partial charge is 0.488 e. The van der Waals surface area contributed by atoms with E-state index in [-0.39, 0.29) is 0 Å². The van der Waals surface area contributed by atoms with E-state index in [9.17, 15) is 13.2 Å². The van der Waals surface area contributed by atoms with Gasteiger partial charge in [0, 0.05) is 14.7 Å². The van der Waals surface area contributed by atoms with Crippen molar-refractivity contribution in [1.29, 1.82) is 0 Å². The minimum atomic E-state index is -4.31. The molecule has 0 unspecified atom stereocenters. The summed E-state index contributed by atoms with van der Waals surface area (Å²) in [5, 5.41) is 1.92. The van der Waals surface area contributed by atoms with Crippen LogP contribution in [0, 0.1) is 0 Å². The summed E-state index contributed by atoms with van der Waals surface area (Å²) in [5.41, 5.74) is -0.672. The van der Waals surface area contributed by atoms with E-state index in [2.05, 4.69) is 15.9 Å². The average Bonchev–Trinajstić information content (AvgIpc) is 2.72. The van der Waals surface area contributed by atoms with Crippen molar-refractivity contribution in [3.8, 4) is 5.75 Å². The molecule has 0 saturated carbocycles. The molecule has 1 heterocycles. The molecular formula is C12H8BrF3OS. The van der Waals surface area contributed by atoms with E-state index in [1.165, 1.54) is 23.5 Å². The van der Waals surface area contributed by atoms with Gasteiger partial charge in [-0.25, -0.2) is 0 Å². The molecule has 0 N–H and O–H groups in total. The molecule has 2 rings (SSSR count). The van der Waals surface area contributed by atoms with Crippen LogP contribution in [0.25, 0.3) is 0 Å². The van der Waals surface area contributed by atoms with Crippen molar-refractivity contribution in [1.82, 2.24) is 0 Å². The Morgan fingerprint density at radius 3 is 2.33 bits per heavy atom. The summed E-state index contributed by atoms with van der Waals surface area (Å²) in [5.74, 6) is 0.424. The van der Waals surface area contributed by atoms with E-state index in [0.717, 1.165) is 21.5 Å². The zero-order chi connectivity index (χ0) is 13.2. The molecule has 0 aliphatic heterocycles. The number of hydrogen-bond acceptors (Lipinski definition) is 2. The van der Waals surface area contributed by atoms with Gasteiger partial charge in [0.25, 0.3) is 0 Å². The van der Waals surface area contributed by atoms with Crippen LogP contribution in [-0.4, -0.2) is 0 Å². The van der Waals surface area contributed by atoms with Gasteiger partial charge in [-0.15, -0.1) is 11.3 Å². The normalized spacial score (nSPS) is 11.6. The highest BCUT2D eigenvalue weighted by Gasteiger charge is 2.29. The van der Waals surface area contributed by atoms with Crippen molar-refractivity contribution in [2.24, 2.45) is 0 Å². The third-order valence-electron chi connectivity index (χ3n) is 2.18. The molecule has 0 radical (unpaired) electrons. The van der Waals surface area contributed by atoms with Crippen LogP contribution in [-0.2, 0) is 12.8 Å². The first-order valence-electron chi connectivity index (χ1n) is 4.98. The Labute approximate surface area is 114 Å². The van der Waals surface area contributed by atoms with Gasteiger partial charge in [-0.05, 0) is 46.3 Å². The van der Waals surface area contributed by atoms with Crippen molar-refractivity contribution >= 4 is 27.3 Å². The number of hydrogen-bond donors (Lipinski definition) is 0. The third-order valence-corrected chi connectivity index (χ3v) is 3.86. The van der Waals surface area contributed by atoms with Crippen LogP contribution < -0.4 is 4.74 Å². The Balaban J connectivity index is 1.98. The fourth-order valence-corrected chi connectivity index (χ4v) is 2.69. The number of thiophene rings is 1. The molecule has 0 aliphatic carbocycles. The maximum Gasteiger partial charge on any atom is 0.416 e. The molecule has 0 saturated heterocycles. The summed E-state index contributed by atoms with van der Waals surface area (Å²) in [6, 6.07) is 6.59. The highest BCUT2D eigenvalue weighted by Crippen LogP contribution is 2.30. The summed E-state index contributed by atoms with van der Waals surface area (Å²) < 4.78 is 43.4. The van der Waals surface area contributed by atoms with E-state index >= 15 is 0 Å². The van der Waals surface area contributed by atoms with Gasteiger partial charge in [-0.2, -0.15) is 13.2 Å². The monoisotopic (exact) mass is 336 g/mol. The second kappa shape index (κ2) is 5.32. The summed E-state index contributed by atoms with van der Waals surface area (Å²) in [6.45, 7) is 0.349. The maximum absolute atomic E-state index is 12.3. The smallest absolute Gasteiger partial charge is 0.416 e. The molecule has 0 amide bonds. The standard InChI is InChI=1S/C12H8BrF3OS/c13-9-5-11(18-7-9)6-17-10-3-1-8(2-4-10)12(14,15)16/h1-5,7H,6H2. The number of halogens is 4. The minimum Gasteiger partial charge on any atom is -0.488 e. The van der Waals surface area contributed by atoms with Gasteiger partial charge >= 0.3 is 6.18 Å². The fraction of sp³-hybridized carbons (Fsp3) is 0.167. The maximum atomic E-state index is 12.3. The van der Waals surface area contributed by atoms with Crippen LogP contribution in [0.3, 0.4) is 0 Å². The number of benzene rings is 1. The first kappa shape index (κ1) is 13.4. The van der Waals surface area contributed by atoms with Gasteiger partial charge in [0.15, 0.2) is 0 Å². The van der Waals surface area contributed by atoms with E-state index in [0.29, 0.717) is 12.4 Å². The molecule has 0 fully saturated rings. The molecule has 18 heavy (non-hydrogen) atoms. The highest BCUT2D eigenvalue weighted by atomic mass is 79.9. The van der Waals surface area contributed by atoms with Gasteiger partial charge in [0.05, 0.1) is 5.56 Å². The highest BCUT2D eigenvalue weighted by molar-refractivity contribution is 9.10. The molecule has 2 aromatic rings. The number of rotatable bonds is 3. The topological polar surface area (TPSA) is 9.23 Å². The summed E-state index contributed by atoms with van der Waals surface area (Å²) >= 11 is 4.84. The van der Waals surface area contributed by atoms with Gasteiger partial charge < -0.3 is 4.74 Å². The molecular weight excluding hydrogens is 329 g/mol. The quantitative estimate of drug-likeness (QED) is 0.756. The molecule has 0 atom stereocenters. The lowest BCUT2D eigenvalue weighted by atomic mass is 10.2. The van der Waals surface area contributed by atoms with E-state index in [1.54, 1.807) is 0 Å². The van der Waals surface area contributed by atoms with Crippen molar-refractivity contribution in [2.75, 3.05) is 0 Å².